The largest absolute Gasteiger partial charge is 0.495 e. The molecule has 1 saturated heterocycles. The number of rotatable bonds is 4. The third-order valence-corrected chi connectivity index (χ3v) is 4.69. The van der Waals surface area contributed by atoms with Crippen LogP contribution in [-0.2, 0) is 9.59 Å². The zero-order chi connectivity index (χ0) is 17.3. The quantitative estimate of drug-likeness (QED) is 0.627. The number of para-hydroxylation sites is 2. The predicted molar refractivity (Wildman–Crippen MR) is 91.3 cm³/mol. The Morgan fingerprint density at radius 3 is 2.50 bits per heavy atom. The summed E-state index contributed by atoms with van der Waals surface area (Å²) in [4.78, 5) is 35.0. The molecule has 0 saturated carbocycles. The van der Waals surface area contributed by atoms with Crippen LogP contribution in [0.4, 0.5) is 5.69 Å². The van der Waals surface area contributed by atoms with Gasteiger partial charge in [-0.2, -0.15) is 0 Å². The van der Waals surface area contributed by atoms with E-state index in [1.807, 2.05) is 19.9 Å². The van der Waals surface area contributed by atoms with E-state index in [-0.39, 0.29) is 18.2 Å². The van der Waals surface area contributed by atoms with Gasteiger partial charge in [0.1, 0.15) is 11.0 Å². The Kier molecular flexibility index (Phi) is 4.53. The van der Waals surface area contributed by atoms with E-state index in [4.69, 9.17) is 4.74 Å². The molecule has 24 heavy (non-hydrogen) atoms. The van der Waals surface area contributed by atoms with Crippen molar-refractivity contribution in [3.05, 3.63) is 41.7 Å². The fourth-order valence-electron chi connectivity index (χ4n) is 2.64. The normalized spacial score (nSPS) is 17.5. The van der Waals surface area contributed by atoms with Crippen LogP contribution in [0.2, 0.25) is 0 Å². The zero-order valence-corrected chi connectivity index (χ0v) is 14.5. The van der Waals surface area contributed by atoms with Crippen LogP contribution in [0, 0.1) is 13.8 Å². The first kappa shape index (κ1) is 16.4. The average molecular weight is 343 g/mol. The number of carbonyl (C=O) groups excluding carboxylic acids is 2. The highest BCUT2D eigenvalue weighted by Gasteiger charge is 2.41. The van der Waals surface area contributed by atoms with Crippen molar-refractivity contribution in [1.29, 1.82) is 0 Å². The van der Waals surface area contributed by atoms with Gasteiger partial charge >= 0.3 is 0 Å². The molecule has 7 heteroatoms. The topological polar surface area (TPSA) is 72.4 Å². The van der Waals surface area contributed by atoms with Gasteiger partial charge in [0.15, 0.2) is 5.16 Å². The molecule has 1 aromatic heterocycles. The molecule has 0 radical (unpaired) electrons. The van der Waals surface area contributed by atoms with Crippen LogP contribution in [0.5, 0.6) is 5.75 Å². The Morgan fingerprint density at radius 1 is 1.17 bits per heavy atom. The Morgan fingerprint density at radius 2 is 1.83 bits per heavy atom. The van der Waals surface area contributed by atoms with Crippen molar-refractivity contribution in [1.82, 2.24) is 9.97 Å². The summed E-state index contributed by atoms with van der Waals surface area (Å²) in [6.07, 6.45) is 0.123. The summed E-state index contributed by atoms with van der Waals surface area (Å²) >= 11 is 1.23. The van der Waals surface area contributed by atoms with Crippen LogP contribution in [0.3, 0.4) is 0 Å². The van der Waals surface area contributed by atoms with Crippen LogP contribution in [0.15, 0.2) is 35.5 Å². The maximum Gasteiger partial charge on any atom is 0.248 e. The predicted octanol–water partition coefficient (Wildman–Crippen LogP) is 2.53. The summed E-state index contributed by atoms with van der Waals surface area (Å²) in [7, 11) is 1.51. The molecule has 1 atom stereocenters. The number of imide groups is 1. The van der Waals surface area contributed by atoms with Crippen molar-refractivity contribution < 1.29 is 14.3 Å². The number of ether oxygens (including phenoxy) is 1. The highest BCUT2D eigenvalue weighted by atomic mass is 32.2. The monoisotopic (exact) mass is 343 g/mol. The molecule has 1 aliphatic rings. The molecule has 124 valence electrons. The standard InChI is InChI=1S/C17H17N3O3S/c1-10-8-11(2)19-17(18-10)24-14-9-15(21)20(16(14)22)12-6-4-5-7-13(12)23-3/h4-8,14H,9H2,1-3H3/t14-/m0/s1. The maximum atomic E-state index is 12.7. The molecule has 1 fully saturated rings. The lowest BCUT2D eigenvalue weighted by Crippen LogP contribution is -2.31. The first-order valence-corrected chi connectivity index (χ1v) is 8.36. The van der Waals surface area contributed by atoms with Gasteiger partial charge in [-0.15, -0.1) is 0 Å². The number of carbonyl (C=O) groups is 2. The molecular weight excluding hydrogens is 326 g/mol. The zero-order valence-electron chi connectivity index (χ0n) is 13.6. The van der Waals surface area contributed by atoms with Gasteiger partial charge in [-0.3, -0.25) is 9.59 Å². The Hall–Kier alpha value is -2.41. The second kappa shape index (κ2) is 6.60. The highest BCUT2D eigenvalue weighted by molar-refractivity contribution is 8.00. The molecule has 3 rings (SSSR count). The molecule has 2 heterocycles. The van der Waals surface area contributed by atoms with Crippen LogP contribution in [0.25, 0.3) is 0 Å². The molecule has 0 aliphatic carbocycles. The van der Waals surface area contributed by atoms with E-state index in [2.05, 4.69) is 9.97 Å². The molecule has 0 spiro atoms. The molecule has 6 nitrogen and oxygen atoms in total. The lowest BCUT2D eigenvalue weighted by molar-refractivity contribution is -0.121. The third-order valence-electron chi connectivity index (χ3n) is 3.64. The second-order valence-corrected chi connectivity index (χ2v) is 6.65. The first-order valence-electron chi connectivity index (χ1n) is 7.48. The van der Waals surface area contributed by atoms with Gasteiger partial charge in [0, 0.05) is 17.8 Å². The van der Waals surface area contributed by atoms with Gasteiger partial charge in [-0.1, -0.05) is 23.9 Å². The molecule has 2 aromatic rings. The lowest BCUT2D eigenvalue weighted by atomic mass is 10.2. The SMILES string of the molecule is COc1ccccc1N1C(=O)C[C@H](Sc2nc(C)cc(C)n2)C1=O. The van der Waals surface area contributed by atoms with Gasteiger partial charge < -0.3 is 4.74 Å². The number of methoxy groups -OCH3 is 1. The van der Waals surface area contributed by atoms with Gasteiger partial charge in [-0.05, 0) is 32.0 Å². The van der Waals surface area contributed by atoms with E-state index in [0.29, 0.717) is 16.6 Å². The Labute approximate surface area is 144 Å². The van der Waals surface area contributed by atoms with E-state index in [1.165, 1.54) is 23.8 Å². The van der Waals surface area contributed by atoms with Crippen molar-refractivity contribution >= 4 is 29.3 Å². The smallest absolute Gasteiger partial charge is 0.248 e. The van der Waals surface area contributed by atoms with Crippen molar-refractivity contribution in [2.24, 2.45) is 0 Å². The minimum atomic E-state index is -0.524. The molecule has 0 unspecified atom stereocenters. The average Bonchev–Trinajstić information content (AvgIpc) is 2.80. The van der Waals surface area contributed by atoms with E-state index >= 15 is 0 Å². The number of hydrogen-bond acceptors (Lipinski definition) is 6. The van der Waals surface area contributed by atoms with Crippen LogP contribution in [-0.4, -0.2) is 34.1 Å². The van der Waals surface area contributed by atoms with Crippen LogP contribution >= 0.6 is 11.8 Å². The summed E-state index contributed by atoms with van der Waals surface area (Å²) in [5, 5.41) is -0.0101. The maximum absolute atomic E-state index is 12.7. The van der Waals surface area contributed by atoms with E-state index in [9.17, 15) is 9.59 Å². The van der Waals surface area contributed by atoms with E-state index in [0.717, 1.165) is 11.4 Å². The minimum Gasteiger partial charge on any atom is -0.495 e. The van der Waals surface area contributed by atoms with Gasteiger partial charge in [-0.25, -0.2) is 14.9 Å². The van der Waals surface area contributed by atoms with Gasteiger partial charge in [0.05, 0.1) is 12.8 Å². The number of thioether (sulfide) groups is 1. The molecule has 0 bridgehead atoms. The van der Waals surface area contributed by atoms with Crippen molar-refractivity contribution in [3.8, 4) is 5.75 Å². The fourth-order valence-corrected chi connectivity index (χ4v) is 3.72. The second-order valence-electron chi connectivity index (χ2n) is 5.48. The molecule has 2 amide bonds. The summed E-state index contributed by atoms with van der Waals surface area (Å²) in [6, 6.07) is 8.86. The van der Waals surface area contributed by atoms with Crippen molar-refractivity contribution in [3.63, 3.8) is 0 Å². The number of anilines is 1. The summed E-state index contributed by atoms with van der Waals surface area (Å²) in [5.41, 5.74) is 2.14. The van der Waals surface area contributed by atoms with E-state index < -0.39 is 5.25 Å². The number of aryl methyl sites for hydroxylation is 2. The highest BCUT2D eigenvalue weighted by Crippen LogP contribution is 2.36. The van der Waals surface area contributed by atoms with E-state index in [1.54, 1.807) is 24.3 Å². The number of nitrogens with zero attached hydrogens (tertiary/aromatic N) is 3. The Bertz CT molecular complexity index is 789. The molecule has 1 aromatic carbocycles. The number of hydrogen-bond donors (Lipinski definition) is 0. The molecule has 0 N–H and O–H groups in total. The number of aromatic nitrogens is 2. The Balaban J connectivity index is 1.86. The van der Waals surface area contributed by atoms with Crippen LogP contribution < -0.4 is 9.64 Å². The number of benzene rings is 1. The third kappa shape index (κ3) is 3.12. The number of amides is 2. The molecule has 1 aliphatic heterocycles. The fraction of sp³-hybridized carbons (Fsp3) is 0.294. The molecular formula is C17H17N3O3S. The minimum absolute atomic E-state index is 0.123. The van der Waals surface area contributed by atoms with Crippen molar-refractivity contribution in [2.75, 3.05) is 12.0 Å². The summed E-state index contributed by atoms with van der Waals surface area (Å²) in [5.74, 6) is -0.0175. The summed E-state index contributed by atoms with van der Waals surface area (Å²) in [6.45, 7) is 3.75. The van der Waals surface area contributed by atoms with Crippen molar-refractivity contribution in [2.45, 2.75) is 30.7 Å². The summed E-state index contributed by atoms with van der Waals surface area (Å²) < 4.78 is 5.26. The lowest BCUT2D eigenvalue weighted by Gasteiger charge is -2.17. The van der Waals surface area contributed by atoms with Gasteiger partial charge in [0.2, 0.25) is 11.8 Å². The first-order chi connectivity index (χ1) is 11.5. The van der Waals surface area contributed by atoms with Crippen LogP contribution in [0.1, 0.15) is 17.8 Å². The van der Waals surface area contributed by atoms with Gasteiger partial charge in [0.25, 0.3) is 0 Å².